The van der Waals surface area contributed by atoms with Crippen LogP contribution in [0.3, 0.4) is 0 Å². The fourth-order valence-electron chi connectivity index (χ4n) is 3.06. The van der Waals surface area contributed by atoms with Gasteiger partial charge in [-0.3, -0.25) is 9.67 Å². The first-order valence-electron chi connectivity index (χ1n) is 10.7. The molecule has 0 amide bonds. The van der Waals surface area contributed by atoms with E-state index in [1.165, 1.54) is 5.56 Å². The maximum Gasteiger partial charge on any atom is 0.191 e. The van der Waals surface area contributed by atoms with E-state index in [4.69, 9.17) is 4.74 Å². The summed E-state index contributed by atoms with van der Waals surface area (Å²) in [5.74, 6) is 1.91. The van der Waals surface area contributed by atoms with Crippen LogP contribution in [-0.4, -0.2) is 58.5 Å². The van der Waals surface area contributed by atoms with Gasteiger partial charge in [0.15, 0.2) is 11.6 Å². The van der Waals surface area contributed by atoms with E-state index in [-0.39, 0.29) is 0 Å². The van der Waals surface area contributed by atoms with Gasteiger partial charge in [0.05, 0.1) is 24.8 Å². The molecule has 3 aromatic rings. The average Bonchev–Trinajstić information content (AvgIpc) is 3.17. The van der Waals surface area contributed by atoms with Gasteiger partial charge in [-0.25, -0.2) is 9.97 Å². The lowest BCUT2D eigenvalue weighted by Crippen LogP contribution is -2.40. The summed E-state index contributed by atoms with van der Waals surface area (Å²) in [5.41, 5.74) is 2.00. The Morgan fingerprint density at radius 2 is 2.00 bits per heavy atom. The minimum absolute atomic E-state index is 0.331. The Kier molecular flexibility index (Phi) is 8.59. The summed E-state index contributed by atoms with van der Waals surface area (Å²) in [7, 11) is 1.87. The first-order chi connectivity index (χ1) is 15.2. The molecule has 0 bridgehead atoms. The summed E-state index contributed by atoms with van der Waals surface area (Å²) in [5, 5.41) is 15.1. The summed E-state index contributed by atoms with van der Waals surface area (Å²) in [6.45, 7) is 8.41. The minimum Gasteiger partial charge on any atom is -0.376 e. The molecular formula is C22H32N8O. The van der Waals surface area contributed by atoms with E-state index >= 15 is 0 Å². The Balaban J connectivity index is 1.40. The second-order valence-electron chi connectivity index (χ2n) is 7.41. The van der Waals surface area contributed by atoms with Crippen molar-refractivity contribution < 1.29 is 4.74 Å². The number of aryl methyl sites for hydroxylation is 1. The summed E-state index contributed by atoms with van der Waals surface area (Å²) in [6.07, 6.45) is 3.32. The zero-order valence-electron chi connectivity index (χ0n) is 18.5. The highest BCUT2D eigenvalue weighted by Gasteiger charge is 2.07. The number of benzene rings is 1. The lowest BCUT2D eigenvalue weighted by Gasteiger charge is -2.14. The van der Waals surface area contributed by atoms with Crippen LogP contribution in [0.1, 0.15) is 19.4 Å². The number of ether oxygens (including phenoxy) is 1. The van der Waals surface area contributed by atoms with Crippen molar-refractivity contribution in [3.8, 4) is 0 Å². The highest BCUT2D eigenvalue weighted by atomic mass is 16.5. The fraction of sp³-hybridized carbons (Fsp3) is 0.455. The average molecular weight is 425 g/mol. The molecule has 166 valence electrons. The molecule has 0 aliphatic rings. The van der Waals surface area contributed by atoms with Crippen LogP contribution in [0.25, 0.3) is 11.0 Å². The lowest BCUT2D eigenvalue weighted by atomic mass is 10.2. The number of nitrogens with zero attached hydrogens (tertiary/aromatic N) is 5. The molecular weight excluding hydrogens is 392 g/mol. The summed E-state index contributed by atoms with van der Waals surface area (Å²) < 4.78 is 7.56. The van der Waals surface area contributed by atoms with Crippen LogP contribution in [0.15, 0.2) is 47.8 Å². The summed E-state index contributed by atoms with van der Waals surface area (Å²) >= 11 is 0. The maximum absolute atomic E-state index is 5.82. The molecule has 0 fully saturated rings. The van der Waals surface area contributed by atoms with Crippen molar-refractivity contribution >= 4 is 22.8 Å². The van der Waals surface area contributed by atoms with Crippen molar-refractivity contribution in [2.75, 3.05) is 38.1 Å². The molecule has 3 rings (SSSR count). The van der Waals surface area contributed by atoms with Crippen molar-refractivity contribution in [3.63, 3.8) is 0 Å². The SMILES string of the molecule is CCNC(=NCC(C)COCc1ccccc1)NCCNc1ncnc2c1cnn2C. The molecule has 1 unspecified atom stereocenters. The molecule has 0 saturated heterocycles. The van der Waals surface area contributed by atoms with Gasteiger partial charge in [0.2, 0.25) is 0 Å². The molecule has 9 nitrogen and oxygen atoms in total. The maximum atomic E-state index is 5.82. The molecule has 3 N–H and O–H groups in total. The van der Waals surface area contributed by atoms with Crippen LogP contribution in [-0.2, 0) is 18.4 Å². The normalized spacial score (nSPS) is 12.7. The van der Waals surface area contributed by atoms with Crippen LogP contribution in [0.2, 0.25) is 0 Å². The van der Waals surface area contributed by atoms with Crippen molar-refractivity contribution in [3.05, 3.63) is 48.4 Å². The van der Waals surface area contributed by atoms with E-state index in [2.05, 4.69) is 62.0 Å². The van der Waals surface area contributed by atoms with Crippen LogP contribution in [0, 0.1) is 5.92 Å². The molecule has 2 heterocycles. The number of rotatable bonds is 11. The predicted molar refractivity (Wildman–Crippen MR) is 124 cm³/mol. The highest BCUT2D eigenvalue weighted by molar-refractivity contribution is 5.86. The number of aromatic nitrogens is 4. The Bertz CT molecular complexity index is 957. The Morgan fingerprint density at radius 1 is 1.16 bits per heavy atom. The number of anilines is 1. The van der Waals surface area contributed by atoms with Crippen molar-refractivity contribution in [1.29, 1.82) is 0 Å². The van der Waals surface area contributed by atoms with E-state index in [1.54, 1.807) is 17.2 Å². The largest absolute Gasteiger partial charge is 0.376 e. The van der Waals surface area contributed by atoms with Crippen LogP contribution < -0.4 is 16.0 Å². The molecule has 1 aromatic carbocycles. The monoisotopic (exact) mass is 424 g/mol. The lowest BCUT2D eigenvalue weighted by molar-refractivity contribution is 0.0945. The molecule has 9 heteroatoms. The smallest absolute Gasteiger partial charge is 0.191 e. The van der Waals surface area contributed by atoms with Gasteiger partial charge in [-0.1, -0.05) is 37.3 Å². The second-order valence-corrected chi connectivity index (χ2v) is 7.41. The molecule has 0 spiro atoms. The standard InChI is InChI=1S/C22H32N8O/c1-4-23-22(26-12-17(2)14-31-15-18-8-6-5-7-9-18)25-11-10-24-20-19-13-29-30(3)21(19)28-16-27-20/h5-9,13,16-17H,4,10-12,14-15H2,1-3H3,(H2,23,25,26)(H,24,27,28). The first-order valence-corrected chi connectivity index (χ1v) is 10.7. The van der Waals surface area contributed by atoms with Gasteiger partial charge >= 0.3 is 0 Å². The van der Waals surface area contributed by atoms with Gasteiger partial charge in [-0.15, -0.1) is 0 Å². The van der Waals surface area contributed by atoms with Gasteiger partial charge in [0.25, 0.3) is 0 Å². The van der Waals surface area contributed by atoms with Gasteiger partial charge in [-0.05, 0) is 18.4 Å². The Morgan fingerprint density at radius 3 is 2.81 bits per heavy atom. The molecule has 31 heavy (non-hydrogen) atoms. The van der Waals surface area contributed by atoms with Crippen molar-refractivity contribution in [2.24, 2.45) is 18.0 Å². The number of guanidine groups is 1. The van der Waals surface area contributed by atoms with Gasteiger partial charge in [0, 0.05) is 33.2 Å². The quantitative estimate of drug-likeness (QED) is 0.246. The van der Waals surface area contributed by atoms with Crippen LogP contribution in [0.4, 0.5) is 5.82 Å². The Hall–Kier alpha value is -3.20. The van der Waals surface area contributed by atoms with Gasteiger partial charge in [-0.2, -0.15) is 5.10 Å². The fourth-order valence-corrected chi connectivity index (χ4v) is 3.06. The van der Waals surface area contributed by atoms with E-state index in [0.717, 1.165) is 29.4 Å². The third-order valence-corrected chi connectivity index (χ3v) is 4.66. The van der Waals surface area contributed by atoms with Gasteiger partial charge < -0.3 is 20.7 Å². The Labute approximate surface area is 183 Å². The number of hydrogen-bond acceptors (Lipinski definition) is 6. The molecule has 0 radical (unpaired) electrons. The topological polar surface area (TPSA) is 101 Å². The zero-order chi connectivity index (χ0) is 21.9. The highest BCUT2D eigenvalue weighted by Crippen LogP contribution is 2.17. The zero-order valence-corrected chi connectivity index (χ0v) is 18.5. The number of fused-ring (bicyclic) bond motifs is 1. The number of aliphatic imine (C=N–C) groups is 1. The molecule has 2 aromatic heterocycles. The molecule has 0 aliphatic carbocycles. The van der Waals surface area contributed by atoms with E-state index in [1.807, 2.05) is 25.2 Å². The number of nitrogens with one attached hydrogen (secondary N) is 3. The molecule has 1 atom stereocenters. The molecule has 0 saturated carbocycles. The van der Waals surface area contributed by atoms with Crippen molar-refractivity contribution in [2.45, 2.75) is 20.5 Å². The summed E-state index contributed by atoms with van der Waals surface area (Å²) in [6, 6.07) is 10.2. The van der Waals surface area contributed by atoms with E-state index in [0.29, 0.717) is 38.8 Å². The number of hydrogen-bond donors (Lipinski definition) is 3. The van der Waals surface area contributed by atoms with Crippen LogP contribution in [0.5, 0.6) is 0 Å². The van der Waals surface area contributed by atoms with Gasteiger partial charge in [0.1, 0.15) is 12.1 Å². The third kappa shape index (κ3) is 6.92. The van der Waals surface area contributed by atoms with Crippen LogP contribution >= 0.6 is 0 Å². The minimum atomic E-state index is 0.331. The predicted octanol–water partition coefficient (Wildman–Crippen LogP) is 2.18. The molecule has 0 aliphatic heterocycles. The van der Waals surface area contributed by atoms with Crippen molar-refractivity contribution in [1.82, 2.24) is 30.4 Å². The second kappa shape index (κ2) is 11.8. The summed E-state index contributed by atoms with van der Waals surface area (Å²) in [4.78, 5) is 13.3. The first kappa shape index (κ1) is 22.5. The van der Waals surface area contributed by atoms with E-state index in [9.17, 15) is 0 Å². The third-order valence-electron chi connectivity index (χ3n) is 4.66. The van der Waals surface area contributed by atoms with E-state index < -0.39 is 0 Å².